The number of aliphatic hydroxyl groups is 2. The van der Waals surface area contributed by atoms with E-state index >= 15 is 4.79 Å². The number of alkyl halides is 2. The smallest absolute Gasteiger partial charge is 0.456 e. The van der Waals surface area contributed by atoms with Gasteiger partial charge in [-0.15, -0.1) is 23.2 Å². The second-order valence-corrected chi connectivity index (χ2v) is 20.5. The summed E-state index contributed by atoms with van der Waals surface area (Å²) in [6.07, 6.45) is -13.6. The number of halogens is 2. The minimum atomic E-state index is -2.51. The summed E-state index contributed by atoms with van der Waals surface area (Å²) in [6, 6.07) is 14.3. The maximum absolute atomic E-state index is 16.0. The largest absolute Gasteiger partial charge is 0.508 e. The molecule has 20 heteroatoms. The van der Waals surface area contributed by atoms with Crippen molar-refractivity contribution in [2.75, 3.05) is 13.2 Å². The van der Waals surface area contributed by atoms with Crippen molar-refractivity contribution in [3.63, 3.8) is 0 Å². The van der Waals surface area contributed by atoms with Gasteiger partial charge in [0.15, 0.2) is 23.6 Å². The lowest BCUT2D eigenvalue weighted by Crippen LogP contribution is -2.82. The summed E-state index contributed by atoms with van der Waals surface area (Å²) in [7, 11) is 0. The third kappa shape index (κ3) is 9.93. The van der Waals surface area contributed by atoms with Gasteiger partial charge < -0.3 is 53.4 Å². The molecule has 18 nitrogen and oxygen atoms in total. The summed E-state index contributed by atoms with van der Waals surface area (Å²) in [4.78, 5) is 96.6. The third-order valence-electron chi connectivity index (χ3n) is 13.4. The zero-order valence-electron chi connectivity index (χ0n) is 39.1. The molecular formula is C48H57Cl2NO17. The molecule has 68 heavy (non-hydrogen) atoms. The van der Waals surface area contributed by atoms with E-state index in [0.29, 0.717) is 0 Å². The molecule has 0 spiro atoms. The average Bonchev–Trinajstić information content (AvgIpc) is 3.24. The van der Waals surface area contributed by atoms with Crippen LogP contribution in [0.5, 0.6) is 0 Å². The molecule has 1 saturated heterocycles. The maximum Gasteiger partial charge on any atom is 0.508 e. The van der Waals surface area contributed by atoms with Crippen LogP contribution in [-0.2, 0) is 57.1 Å². The predicted molar refractivity (Wildman–Crippen MR) is 239 cm³/mol. The van der Waals surface area contributed by atoms with Crippen LogP contribution in [0.4, 0.5) is 9.59 Å². The molecule has 2 aromatic rings. The van der Waals surface area contributed by atoms with E-state index in [2.05, 4.69) is 5.32 Å². The van der Waals surface area contributed by atoms with Crippen LogP contribution in [0.15, 0.2) is 71.8 Å². The molecule has 2 saturated carbocycles. The van der Waals surface area contributed by atoms with Crippen molar-refractivity contribution in [3.8, 4) is 0 Å². The molecular weight excluding hydrogens is 933 g/mol. The maximum atomic E-state index is 16.0. The fourth-order valence-electron chi connectivity index (χ4n) is 10.2. The van der Waals surface area contributed by atoms with Crippen LogP contribution < -0.4 is 5.32 Å². The van der Waals surface area contributed by atoms with Crippen molar-refractivity contribution >= 4 is 65.1 Å². The summed E-state index contributed by atoms with van der Waals surface area (Å²) in [5.41, 5.74) is -9.08. The number of hydrogen-bond acceptors (Lipinski definition) is 17. The molecule has 1 amide bonds. The number of Topliss-reactive ketones (excluding diaryl/α,β-unsaturated/α-hetero) is 1. The molecule has 0 radical (unpaired) electrons. The number of ketones is 1. The second-order valence-electron chi connectivity index (χ2n) is 19.2. The number of alkyl carbamates (subject to hydrolysis) is 1. The number of hydrogen-bond donors (Lipinski definition) is 3. The standard InChI is InChI=1S/C48H57Cl2NO17/c1-24-29(64-41(57)35(54)34(27-16-12-10-13-17-27)51-42(58)68-44(4,5)6)21-48(60)39(66-40(56)28-18-14-11-15-19-28)37-46(9,38(55)36(63-25(2)52)33(24)45(48,7)8)30(65-43(59)61-22-32(49)50)20-31-47(37,23-62-31)67-26(3)53/h10-19,29-32,34-37,39,54,60H,20-23H2,1-9H3,(H,51,58)/t29?,30-,31?,34-,35?,36+,37?,39-,46+,47-,48+/m0/s1. The van der Waals surface area contributed by atoms with E-state index in [-0.39, 0.29) is 28.7 Å². The Morgan fingerprint density at radius 2 is 1.51 bits per heavy atom. The molecule has 4 unspecified atom stereocenters. The van der Waals surface area contributed by atoms with E-state index < -0.39 is 143 Å². The molecule has 6 rings (SSSR count). The van der Waals surface area contributed by atoms with Gasteiger partial charge in [-0.2, -0.15) is 0 Å². The highest BCUT2D eigenvalue weighted by molar-refractivity contribution is 6.44. The number of nitrogens with one attached hydrogen (secondary N) is 1. The number of amides is 1. The van der Waals surface area contributed by atoms with Gasteiger partial charge in [0, 0.05) is 32.1 Å². The Hall–Kier alpha value is -5.27. The Bertz CT molecular complexity index is 2320. The van der Waals surface area contributed by atoms with Gasteiger partial charge in [0.1, 0.15) is 47.1 Å². The fraction of sp³-hybridized carbons (Fsp3) is 0.562. The fourth-order valence-corrected chi connectivity index (χ4v) is 10.4. The Morgan fingerprint density at radius 1 is 0.897 bits per heavy atom. The summed E-state index contributed by atoms with van der Waals surface area (Å²) >= 11 is 11.7. The molecule has 3 N–H and O–H groups in total. The van der Waals surface area contributed by atoms with Gasteiger partial charge in [0.25, 0.3) is 0 Å². The van der Waals surface area contributed by atoms with E-state index in [1.54, 1.807) is 69.3 Å². The summed E-state index contributed by atoms with van der Waals surface area (Å²) in [6.45, 7) is 12.0. The first-order chi connectivity index (χ1) is 31.7. The van der Waals surface area contributed by atoms with Crippen LogP contribution in [-0.4, -0.2) is 124 Å². The summed E-state index contributed by atoms with van der Waals surface area (Å²) in [5, 5.41) is 28.2. The first-order valence-electron chi connectivity index (χ1n) is 21.9. The summed E-state index contributed by atoms with van der Waals surface area (Å²) in [5.74, 6) is -6.79. The normalized spacial score (nSPS) is 30.3. The first kappa shape index (κ1) is 52.1. The molecule has 2 bridgehead atoms. The quantitative estimate of drug-likeness (QED) is 0.0985. The van der Waals surface area contributed by atoms with Gasteiger partial charge in [-0.3, -0.25) is 14.4 Å². The Balaban J connectivity index is 1.58. The van der Waals surface area contributed by atoms with Crippen LogP contribution in [0.1, 0.15) is 97.1 Å². The van der Waals surface area contributed by atoms with Crippen molar-refractivity contribution in [2.45, 2.75) is 139 Å². The van der Waals surface area contributed by atoms with Crippen LogP contribution in [0.25, 0.3) is 0 Å². The van der Waals surface area contributed by atoms with Crippen LogP contribution in [0.2, 0.25) is 0 Å². The highest BCUT2D eigenvalue weighted by atomic mass is 35.5. The molecule has 370 valence electrons. The number of carbonyl (C=O) groups is 7. The monoisotopic (exact) mass is 989 g/mol. The summed E-state index contributed by atoms with van der Waals surface area (Å²) < 4.78 is 47.1. The highest BCUT2D eigenvalue weighted by Crippen LogP contribution is 2.65. The topological polar surface area (TPSA) is 246 Å². The molecule has 3 aliphatic carbocycles. The van der Waals surface area contributed by atoms with Crippen molar-refractivity contribution < 1.29 is 81.7 Å². The number of rotatable bonds is 12. The van der Waals surface area contributed by atoms with Crippen LogP contribution >= 0.6 is 23.2 Å². The Morgan fingerprint density at radius 3 is 2.06 bits per heavy atom. The van der Waals surface area contributed by atoms with Gasteiger partial charge in [-0.1, -0.05) is 62.4 Å². The van der Waals surface area contributed by atoms with Crippen molar-refractivity contribution in [3.05, 3.63) is 82.9 Å². The predicted octanol–water partition coefficient (Wildman–Crippen LogP) is 5.80. The Labute approximate surface area is 403 Å². The number of carbonyl (C=O) groups excluding carboxylic acids is 7. The van der Waals surface area contributed by atoms with E-state index in [1.165, 1.54) is 39.8 Å². The number of ether oxygens (including phenoxy) is 8. The molecule has 11 atom stereocenters. The first-order valence-corrected chi connectivity index (χ1v) is 22.8. The van der Waals surface area contributed by atoms with Crippen LogP contribution in [0.3, 0.4) is 0 Å². The SMILES string of the molecule is CC(=O)O[C@H]1C(=O)[C@@]2(C)C([C@H](OC(=O)c3ccccc3)[C@]3(O)CC(OC(=O)C(O)[C@@H](NC(=O)OC(C)(C)C)c4ccccc4)C(C)=C1C3(C)C)[C@]1(OC(C)=O)COC1C[C@@H]2OC(=O)OCC(Cl)Cl. The number of esters is 4. The lowest BCUT2D eigenvalue weighted by atomic mass is 9.44. The zero-order chi connectivity index (χ0) is 50.3. The molecule has 1 heterocycles. The number of aliphatic hydroxyl groups excluding tert-OH is 1. The van der Waals surface area contributed by atoms with E-state index in [1.807, 2.05) is 0 Å². The molecule has 2 aromatic carbocycles. The van der Waals surface area contributed by atoms with Crippen molar-refractivity contribution in [1.82, 2.24) is 5.32 Å². The van der Waals surface area contributed by atoms with Crippen LogP contribution in [0, 0.1) is 16.7 Å². The molecule has 1 aliphatic heterocycles. The second kappa shape index (κ2) is 19.6. The molecule has 3 fully saturated rings. The van der Waals surface area contributed by atoms with Gasteiger partial charge in [-0.05, 0) is 63.5 Å². The molecule has 4 aliphatic rings. The van der Waals surface area contributed by atoms with Gasteiger partial charge in [0.2, 0.25) is 0 Å². The Kier molecular flexibility index (Phi) is 15.0. The minimum absolute atomic E-state index is 0.00641. The average molecular weight is 991 g/mol. The highest BCUT2D eigenvalue weighted by Gasteiger charge is 2.79. The lowest BCUT2D eigenvalue weighted by Gasteiger charge is -2.67. The van der Waals surface area contributed by atoms with E-state index in [9.17, 15) is 39.0 Å². The van der Waals surface area contributed by atoms with Crippen molar-refractivity contribution in [2.24, 2.45) is 16.7 Å². The van der Waals surface area contributed by atoms with E-state index in [0.717, 1.165) is 13.8 Å². The minimum Gasteiger partial charge on any atom is -0.456 e. The van der Waals surface area contributed by atoms with Gasteiger partial charge in [-0.25, -0.2) is 19.2 Å². The van der Waals surface area contributed by atoms with Crippen molar-refractivity contribution in [1.29, 1.82) is 0 Å². The molecule has 0 aromatic heterocycles. The van der Waals surface area contributed by atoms with E-state index in [4.69, 9.17) is 61.1 Å². The number of benzene rings is 2. The zero-order valence-corrected chi connectivity index (χ0v) is 40.6. The van der Waals surface area contributed by atoms with Gasteiger partial charge >= 0.3 is 36.1 Å². The van der Waals surface area contributed by atoms with Gasteiger partial charge in [0.05, 0.1) is 29.5 Å². The lowest BCUT2D eigenvalue weighted by molar-refractivity contribution is -0.346. The third-order valence-corrected chi connectivity index (χ3v) is 13.6. The number of fused-ring (bicyclic) bond motifs is 5.